The zero-order chi connectivity index (χ0) is 15.5. The molecule has 0 bridgehead atoms. The molecule has 0 radical (unpaired) electrons. The van der Waals surface area contributed by atoms with Crippen molar-refractivity contribution in [3.05, 3.63) is 59.9 Å². The standard InChI is InChI=1S/C18H21N3O/c1-20(2)16-7-5-15(6-8-16)18(22)21-13-3-4-17(21)14-9-11-19-12-10-14/h5-12,17H,3-4,13H2,1-2H3/t17-/m0/s1. The van der Waals surface area contributed by atoms with Gasteiger partial charge in [0, 0.05) is 44.3 Å². The Morgan fingerprint density at radius 3 is 2.45 bits per heavy atom. The van der Waals surface area contributed by atoms with Gasteiger partial charge in [-0.15, -0.1) is 0 Å². The molecule has 0 aliphatic carbocycles. The fourth-order valence-electron chi connectivity index (χ4n) is 3.01. The van der Waals surface area contributed by atoms with Gasteiger partial charge in [0.15, 0.2) is 0 Å². The van der Waals surface area contributed by atoms with Crippen LogP contribution < -0.4 is 4.90 Å². The first-order valence-electron chi connectivity index (χ1n) is 7.65. The smallest absolute Gasteiger partial charge is 0.254 e. The number of anilines is 1. The van der Waals surface area contributed by atoms with Crippen molar-refractivity contribution in [3.8, 4) is 0 Å². The summed E-state index contributed by atoms with van der Waals surface area (Å²) < 4.78 is 0. The van der Waals surface area contributed by atoms with Crippen molar-refractivity contribution in [3.63, 3.8) is 0 Å². The number of rotatable bonds is 3. The van der Waals surface area contributed by atoms with Gasteiger partial charge < -0.3 is 9.80 Å². The molecule has 22 heavy (non-hydrogen) atoms. The summed E-state index contributed by atoms with van der Waals surface area (Å²) in [6.45, 7) is 0.821. The van der Waals surface area contributed by atoms with Gasteiger partial charge in [0.1, 0.15) is 0 Å². The topological polar surface area (TPSA) is 36.4 Å². The van der Waals surface area contributed by atoms with Crippen LogP contribution in [0, 0.1) is 0 Å². The van der Waals surface area contributed by atoms with Crippen molar-refractivity contribution < 1.29 is 4.79 Å². The van der Waals surface area contributed by atoms with E-state index in [-0.39, 0.29) is 11.9 Å². The van der Waals surface area contributed by atoms with Crippen LogP contribution in [0.2, 0.25) is 0 Å². The van der Waals surface area contributed by atoms with Gasteiger partial charge in [0.2, 0.25) is 0 Å². The summed E-state index contributed by atoms with van der Waals surface area (Å²) >= 11 is 0. The van der Waals surface area contributed by atoms with Crippen LogP contribution in [0.1, 0.15) is 34.8 Å². The second-order valence-electron chi connectivity index (χ2n) is 5.88. The SMILES string of the molecule is CN(C)c1ccc(C(=O)N2CCC[C@H]2c2ccncc2)cc1. The van der Waals surface area contributed by atoms with Crippen LogP contribution in [0.4, 0.5) is 5.69 Å². The van der Waals surface area contributed by atoms with Crippen molar-refractivity contribution in [2.75, 3.05) is 25.5 Å². The Morgan fingerprint density at radius 2 is 1.82 bits per heavy atom. The third-order valence-corrected chi connectivity index (χ3v) is 4.24. The van der Waals surface area contributed by atoms with E-state index in [1.165, 1.54) is 5.56 Å². The number of carbonyl (C=O) groups excluding carboxylic acids is 1. The monoisotopic (exact) mass is 295 g/mol. The Hall–Kier alpha value is -2.36. The predicted octanol–water partition coefficient (Wildman–Crippen LogP) is 3.12. The van der Waals surface area contributed by atoms with Gasteiger partial charge in [-0.3, -0.25) is 9.78 Å². The summed E-state index contributed by atoms with van der Waals surface area (Å²) in [4.78, 5) is 20.9. The van der Waals surface area contributed by atoms with Crippen molar-refractivity contribution >= 4 is 11.6 Å². The molecule has 1 atom stereocenters. The highest BCUT2D eigenvalue weighted by atomic mass is 16.2. The normalized spacial score (nSPS) is 17.5. The summed E-state index contributed by atoms with van der Waals surface area (Å²) in [6, 6.07) is 12.0. The highest BCUT2D eigenvalue weighted by Crippen LogP contribution is 2.32. The average molecular weight is 295 g/mol. The summed E-state index contributed by atoms with van der Waals surface area (Å²) in [5.74, 6) is 0.115. The molecular weight excluding hydrogens is 274 g/mol. The summed E-state index contributed by atoms with van der Waals surface area (Å²) in [6.07, 6.45) is 5.66. The predicted molar refractivity (Wildman–Crippen MR) is 88.0 cm³/mol. The van der Waals surface area contributed by atoms with E-state index in [1.54, 1.807) is 12.4 Å². The van der Waals surface area contributed by atoms with Crippen LogP contribution in [-0.4, -0.2) is 36.4 Å². The number of pyridine rings is 1. The van der Waals surface area contributed by atoms with Gasteiger partial charge in [-0.05, 0) is 54.8 Å². The third-order valence-electron chi connectivity index (χ3n) is 4.24. The molecule has 2 aromatic rings. The largest absolute Gasteiger partial charge is 0.378 e. The highest BCUT2D eigenvalue weighted by Gasteiger charge is 2.30. The Bertz CT molecular complexity index is 637. The minimum Gasteiger partial charge on any atom is -0.378 e. The molecule has 1 aliphatic rings. The van der Waals surface area contributed by atoms with E-state index in [0.717, 1.165) is 30.6 Å². The van der Waals surface area contributed by atoms with E-state index in [2.05, 4.69) is 4.98 Å². The van der Waals surface area contributed by atoms with Gasteiger partial charge in [-0.1, -0.05) is 0 Å². The molecule has 1 aromatic heterocycles. The van der Waals surface area contributed by atoms with Crippen molar-refractivity contribution in [2.24, 2.45) is 0 Å². The van der Waals surface area contributed by atoms with E-state index in [0.29, 0.717) is 0 Å². The zero-order valence-corrected chi connectivity index (χ0v) is 13.1. The van der Waals surface area contributed by atoms with Gasteiger partial charge in [-0.25, -0.2) is 0 Å². The lowest BCUT2D eigenvalue weighted by Gasteiger charge is -2.25. The molecule has 1 aromatic carbocycles. The molecular formula is C18H21N3O. The Labute approximate surface area is 131 Å². The van der Waals surface area contributed by atoms with Crippen molar-refractivity contribution in [1.82, 2.24) is 9.88 Å². The highest BCUT2D eigenvalue weighted by molar-refractivity contribution is 5.95. The van der Waals surface area contributed by atoms with Gasteiger partial charge in [0.25, 0.3) is 5.91 Å². The lowest BCUT2D eigenvalue weighted by atomic mass is 10.1. The Kier molecular flexibility index (Phi) is 4.09. The van der Waals surface area contributed by atoms with Crippen molar-refractivity contribution in [1.29, 1.82) is 0 Å². The maximum atomic E-state index is 12.8. The number of amides is 1. The van der Waals surface area contributed by atoms with Crippen LogP contribution in [0.25, 0.3) is 0 Å². The van der Waals surface area contributed by atoms with Crippen LogP contribution in [0.5, 0.6) is 0 Å². The van der Waals surface area contributed by atoms with E-state index in [9.17, 15) is 4.79 Å². The number of carbonyl (C=O) groups is 1. The molecule has 1 fully saturated rings. The Balaban J connectivity index is 1.81. The summed E-state index contributed by atoms with van der Waals surface area (Å²) in [7, 11) is 3.99. The lowest BCUT2D eigenvalue weighted by molar-refractivity contribution is 0.0735. The summed E-state index contributed by atoms with van der Waals surface area (Å²) in [5.41, 5.74) is 3.03. The van der Waals surface area contributed by atoms with E-state index in [1.807, 2.05) is 60.3 Å². The zero-order valence-electron chi connectivity index (χ0n) is 13.1. The van der Waals surface area contributed by atoms with Crippen LogP contribution in [0.15, 0.2) is 48.8 Å². The minimum absolute atomic E-state index is 0.115. The second kappa shape index (κ2) is 6.18. The maximum Gasteiger partial charge on any atom is 0.254 e. The molecule has 0 saturated carbocycles. The van der Waals surface area contributed by atoms with Gasteiger partial charge in [0.05, 0.1) is 6.04 Å². The average Bonchev–Trinajstić information content (AvgIpc) is 3.04. The van der Waals surface area contributed by atoms with E-state index >= 15 is 0 Å². The Morgan fingerprint density at radius 1 is 1.14 bits per heavy atom. The van der Waals surface area contributed by atoms with Crippen molar-refractivity contribution in [2.45, 2.75) is 18.9 Å². The molecule has 2 heterocycles. The van der Waals surface area contributed by atoms with Crippen LogP contribution >= 0.6 is 0 Å². The lowest BCUT2D eigenvalue weighted by Crippen LogP contribution is -2.30. The summed E-state index contributed by atoms with van der Waals surface area (Å²) in [5, 5.41) is 0. The number of benzene rings is 1. The van der Waals surface area contributed by atoms with E-state index in [4.69, 9.17) is 0 Å². The molecule has 3 rings (SSSR count). The first-order valence-corrected chi connectivity index (χ1v) is 7.65. The number of hydrogen-bond donors (Lipinski definition) is 0. The third kappa shape index (κ3) is 2.82. The first-order chi connectivity index (χ1) is 10.7. The molecule has 1 saturated heterocycles. The van der Waals surface area contributed by atoms with E-state index < -0.39 is 0 Å². The molecule has 4 heteroatoms. The number of aromatic nitrogens is 1. The number of nitrogens with zero attached hydrogens (tertiary/aromatic N) is 3. The minimum atomic E-state index is 0.115. The van der Waals surface area contributed by atoms with Crippen LogP contribution in [-0.2, 0) is 0 Å². The second-order valence-corrected chi connectivity index (χ2v) is 5.88. The molecule has 0 N–H and O–H groups in total. The maximum absolute atomic E-state index is 12.8. The quantitative estimate of drug-likeness (QED) is 0.873. The number of likely N-dealkylation sites (tertiary alicyclic amines) is 1. The van der Waals surface area contributed by atoms with Gasteiger partial charge in [-0.2, -0.15) is 0 Å². The molecule has 114 valence electrons. The fraction of sp³-hybridized carbons (Fsp3) is 0.333. The molecule has 1 amide bonds. The molecule has 0 unspecified atom stereocenters. The molecule has 0 spiro atoms. The molecule has 4 nitrogen and oxygen atoms in total. The van der Waals surface area contributed by atoms with Gasteiger partial charge >= 0.3 is 0 Å². The number of hydrogen-bond acceptors (Lipinski definition) is 3. The first kappa shape index (κ1) is 14.6. The fourth-order valence-corrected chi connectivity index (χ4v) is 3.01. The van der Waals surface area contributed by atoms with Crippen LogP contribution in [0.3, 0.4) is 0 Å². The molecule has 1 aliphatic heterocycles.